The molecule has 34 heavy (non-hydrogen) atoms. The molecule has 10 nitrogen and oxygen atoms in total. The molecule has 1 spiro atoms. The van der Waals surface area contributed by atoms with E-state index in [2.05, 4.69) is 20.8 Å². The van der Waals surface area contributed by atoms with E-state index in [1.807, 2.05) is 20.8 Å². The number of carbonyl (C=O) groups excluding carboxylic acids is 3. The van der Waals surface area contributed by atoms with Gasteiger partial charge in [0.05, 0.1) is 29.3 Å². The van der Waals surface area contributed by atoms with E-state index in [0.717, 1.165) is 0 Å². The number of nitrogens with zero attached hydrogens (tertiary/aromatic N) is 3. The van der Waals surface area contributed by atoms with Gasteiger partial charge < -0.3 is 19.9 Å². The highest BCUT2D eigenvalue weighted by atomic mass is 16.5. The van der Waals surface area contributed by atoms with Crippen LogP contribution in [0.3, 0.4) is 0 Å². The van der Waals surface area contributed by atoms with Crippen LogP contribution < -0.4 is 15.5 Å². The van der Waals surface area contributed by atoms with Crippen LogP contribution in [0.1, 0.15) is 33.5 Å². The Bertz CT molecular complexity index is 1200. The molecule has 0 saturated carbocycles. The Labute approximate surface area is 196 Å². The van der Waals surface area contributed by atoms with Crippen molar-refractivity contribution in [3.63, 3.8) is 0 Å². The topological polar surface area (TPSA) is 127 Å². The average Bonchev–Trinajstić information content (AvgIpc) is 3.44. The summed E-state index contributed by atoms with van der Waals surface area (Å²) in [7, 11) is 0. The molecule has 5 unspecified atom stereocenters. The van der Waals surface area contributed by atoms with Crippen LogP contribution in [-0.4, -0.2) is 50.6 Å². The fourth-order valence-electron chi connectivity index (χ4n) is 5.38. The number of amides is 3. The molecule has 5 rings (SSSR count). The number of rotatable bonds is 4. The molecule has 3 aliphatic rings. The third-order valence-electron chi connectivity index (χ3n) is 6.53. The van der Waals surface area contributed by atoms with Crippen LogP contribution in [0.4, 0.5) is 11.5 Å². The van der Waals surface area contributed by atoms with Gasteiger partial charge in [0.1, 0.15) is 17.4 Å². The van der Waals surface area contributed by atoms with Crippen molar-refractivity contribution < 1.29 is 23.6 Å². The number of hydrogen-bond acceptors (Lipinski definition) is 7. The van der Waals surface area contributed by atoms with Crippen molar-refractivity contribution in [3.05, 3.63) is 48.5 Å². The highest BCUT2D eigenvalue weighted by Gasteiger charge is 2.76. The summed E-state index contributed by atoms with van der Waals surface area (Å²) in [6.45, 7) is 9.07. The molecule has 178 valence electrons. The monoisotopic (exact) mass is 465 g/mol. The van der Waals surface area contributed by atoms with E-state index < -0.39 is 40.5 Å². The standard InChI is InChI=1S/C24H27N5O5/c1-13-11-15(28-33-13)26-19(30)16-17-21(32)29(14-7-6-10-25-12-14)18(20(31)27-22(2,3)4)24(17)9-8-23(16,5)34-24/h6-12,16-18H,1-5H3,(H,27,31)(H,26,28,30). The predicted molar refractivity (Wildman–Crippen MR) is 122 cm³/mol. The molecule has 3 amide bonds. The highest BCUT2D eigenvalue weighted by molar-refractivity contribution is 6.11. The molecule has 5 heterocycles. The molecule has 10 heteroatoms. The quantitative estimate of drug-likeness (QED) is 0.661. The van der Waals surface area contributed by atoms with Crippen molar-refractivity contribution in [2.45, 2.75) is 57.4 Å². The normalized spacial score (nSPS) is 31.6. The molecule has 0 radical (unpaired) electrons. The van der Waals surface area contributed by atoms with Gasteiger partial charge in [-0.1, -0.05) is 17.3 Å². The molecule has 2 aromatic heterocycles. The lowest BCUT2D eigenvalue weighted by atomic mass is 9.70. The first-order valence-corrected chi connectivity index (χ1v) is 11.2. The second-order valence-corrected chi connectivity index (χ2v) is 10.3. The number of fused-ring (bicyclic) bond motifs is 1. The van der Waals surface area contributed by atoms with Gasteiger partial charge in [-0.25, -0.2) is 0 Å². The lowest BCUT2D eigenvalue weighted by Gasteiger charge is -2.34. The van der Waals surface area contributed by atoms with Gasteiger partial charge in [0.15, 0.2) is 5.82 Å². The van der Waals surface area contributed by atoms with Gasteiger partial charge in [-0.15, -0.1) is 0 Å². The number of hydrogen-bond donors (Lipinski definition) is 2. The first-order valence-electron chi connectivity index (χ1n) is 11.2. The number of aryl methyl sites for hydroxylation is 1. The number of pyridine rings is 1. The summed E-state index contributed by atoms with van der Waals surface area (Å²) < 4.78 is 11.5. The third kappa shape index (κ3) is 3.24. The van der Waals surface area contributed by atoms with Crippen LogP contribution in [0.15, 0.2) is 47.3 Å². The summed E-state index contributed by atoms with van der Waals surface area (Å²) >= 11 is 0. The second-order valence-electron chi connectivity index (χ2n) is 10.3. The van der Waals surface area contributed by atoms with E-state index in [1.165, 1.54) is 11.1 Å². The van der Waals surface area contributed by atoms with Crippen molar-refractivity contribution in [2.75, 3.05) is 10.2 Å². The Hall–Kier alpha value is -3.53. The molecule has 2 bridgehead atoms. The number of aromatic nitrogens is 2. The summed E-state index contributed by atoms with van der Waals surface area (Å²) in [5.74, 6) is -2.16. The molecule has 2 aromatic rings. The van der Waals surface area contributed by atoms with E-state index in [4.69, 9.17) is 9.26 Å². The summed E-state index contributed by atoms with van der Waals surface area (Å²) in [6.07, 6.45) is 6.66. The lowest BCUT2D eigenvalue weighted by molar-refractivity contribution is -0.131. The van der Waals surface area contributed by atoms with Crippen LogP contribution in [0.2, 0.25) is 0 Å². The van der Waals surface area contributed by atoms with E-state index in [0.29, 0.717) is 11.4 Å². The Kier molecular flexibility index (Phi) is 4.74. The van der Waals surface area contributed by atoms with Crippen molar-refractivity contribution in [3.8, 4) is 0 Å². The van der Waals surface area contributed by atoms with Gasteiger partial charge >= 0.3 is 0 Å². The largest absolute Gasteiger partial charge is 0.360 e. The maximum absolute atomic E-state index is 14.0. The van der Waals surface area contributed by atoms with Gasteiger partial charge in [0.2, 0.25) is 17.7 Å². The van der Waals surface area contributed by atoms with Gasteiger partial charge in [-0.2, -0.15) is 0 Å². The zero-order chi connectivity index (χ0) is 24.5. The molecule has 0 aliphatic carbocycles. The predicted octanol–water partition coefficient (Wildman–Crippen LogP) is 1.98. The smallest absolute Gasteiger partial charge is 0.246 e. The molecule has 5 atom stereocenters. The highest BCUT2D eigenvalue weighted by Crippen LogP contribution is 2.60. The van der Waals surface area contributed by atoms with Crippen molar-refractivity contribution in [1.29, 1.82) is 0 Å². The molecule has 2 fully saturated rings. The Morgan fingerprint density at radius 3 is 2.59 bits per heavy atom. The van der Waals surface area contributed by atoms with Crippen LogP contribution in [-0.2, 0) is 19.1 Å². The number of carbonyl (C=O) groups is 3. The number of nitrogens with one attached hydrogen (secondary N) is 2. The lowest BCUT2D eigenvalue weighted by Crippen LogP contribution is -2.58. The first kappa shape index (κ1) is 22.3. The summed E-state index contributed by atoms with van der Waals surface area (Å²) in [5, 5.41) is 9.55. The summed E-state index contributed by atoms with van der Waals surface area (Å²) in [5.41, 5.74) is -2.45. The van der Waals surface area contributed by atoms with Crippen molar-refractivity contribution in [1.82, 2.24) is 15.5 Å². The van der Waals surface area contributed by atoms with Gasteiger partial charge in [-0.05, 0) is 46.8 Å². The maximum Gasteiger partial charge on any atom is 0.246 e. The van der Waals surface area contributed by atoms with E-state index in [1.54, 1.807) is 50.4 Å². The van der Waals surface area contributed by atoms with Gasteiger partial charge in [-0.3, -0.25) is 24.3 Å². The van der Waals surface area contributed by atoms with E-state index >= 15 is 0 Å². The zero-order valence-corrected chi connectivity index (χ0v) is 19.7. The zero-order valence-electron chi connectivity index (χ0n) is 19.7. The van der Waals surface area contributed by atoms with Crippen LogP contribution >= 0.6 is 0 Å². The van der Waals surface area contributed by atoms with E-state index in [-0.39, 0.29) is 17.6 Å². The van der Waals surface area contributed by atoms with Gasteiger partial charge in [0, 0.05) is 17.8 Å². The third-order valence-corrected chi connectivity index (χ3v) is 6.53. The molecular formula is C24H27N5O5. The fourth-order valence-corrected chi connectivity index (χ4v) is 5.38. The molecule has 2 saturated heterocycles. The number of ether oxygens (including phenoxy) is 1. The molecule has 3 aliphatic heterocycles. The summed E-state index contributed by atoms with van der Waals surface area (Å²) in [4.78, 5) is 46.6. The maximum atomic E-state index is 14.0. The van der Waals surface area contributed by atoms with Crippen molar-refractivity contribution >= 4 is 29.2 Å². The Morgan fingerprint density at radius 1 is 1.21 bits per heavy atom. The van der Waals surface area contributed by atoms with Gasteiger partial charge in [0.25, 0.3) is 0 Å². The minimum absolute atomic E-state index is 0.253. The van der Waals surface area contributed by atoms with Crippen LogP contribution in [0, 0.1) is 18.8 Å². The molecular weight excluding hydrogens is 438 g/mol. The minimum Gasteiger partial charge on any atom is -0.360 e. The SMILES string of the molecule is Cc1cc(NC(=O)C2C3C(=O)N(c4cccnc4)C(C(=O)NC(C)(C)C)C34C=CC2(C)O4)no1. The molecule has 2 N–H and O–H groups in total. The second kappa shape index (κ2) is 7.23. The minimum atomic E-state index is -1.31. The van der Waals surface area contributed by atoms with Crippen molar-refractivity contribution in [2.24, 2.45) is 11.8 Å². The Balaban J connectivity index is 1.59. The van der Waals surface area contributed by atoms with Crippen LogP contribution in [0.5, 0.6) is 0 Å². The first-order chi connectivity index (χ1) is 16.0. The molecule has 0 aromatic carbocycles. The average molecular weight is 466 g/mol. The fraction of sp³-hybridized carbons (Fsp3) is 0.458. The summed E-state index contributed by atoms with van der Waals surface area (Å²) in [6, 6.07) is 3.99. The van der Waals surface area contributed by atoms with E-state index in [9.17, 15) is 14.4 Å². The number of anilines is 2. The van der Waals surface area contributed by atoms with Crippen LogP contribution in [0.25, 0.3) is 0 Å². The Morgan fingerprint density at radius 2 is 1.97 bits per heavy atom.